The number of ether oxygens (including phenoxy) is 1. The highest BCUT2D eigenvalue weighted by Gasteiger charge is 2.32. The zero-order valence-electron chi connectivity index (χ0n) is 13.6. The molecule has 1 aliphatic heterocycles. The molecule has 136 valence electrons. The number of anilines is 2. The van der Waals surface area contributed by atoms with Gasteiger partial charge in [-0.1, -0.05) is 0 Å². The summed E-state index contributed by atoms with van der Waals surface area (Å²) in [5.41, 5.74) is 1.04. The highest BCUT2D eigenvalue weighted by molar-refractivity contribution is 6.18. The average molecular weight is 371 g/mol. The number of carbonyl (C=O) groups excluding carboxylic acids is 2. The van der Waals surface area contributed by atoms with Crippen molar-refractivity contribution in [1.82, 2.24) is 10.3 Å². The predicted octanol–water partition coefficient (Wildman–Crippen LogP) is 0.957. The number of aryl methyl sites for hydroxylation is 1. The molecule has 0 spiro atoms. The number of carboxylic acid groups (broad SMARTS) is 1. The smallest absolute Gasteiger partial charge is 0.404 e. The van der Waals surface area contributed by atoms with Crippen molar-refractivity contribution in [1.29, 1.82) is 0 Å². The molecule has 1 atom stereocenters. The third-order valence-corrected chi connectivity index (χ3v) is 3.68. The second-order valence-electron chi connectivity index (χ2n) is 5.45. The number of nitrogens with zero attached hydrogens (tertiary/aromatic N) is 2. The van der Waals surface area contributed by atoms with E-state index in [9.17, 15) is 14.4 Å². The Balaban J connectivity index is 2.00. The topological polar surface area (TPSA) is 121 Å². The van der Waals surface area contributed by atoms with Gasteiger partial charge in [-0.05, 0) is 19.1 Å². The van der Waals surface area contributed by atoms with Gasteiger partial charge < -0.3 is 20.5 Å². The van der Waals surface area contributed by atoms with Crippen LogP contribution < -0.4 is 15.5 Å². The molecule has 1 aliphatic rings. The number of amides is 3. The van der Waals surface area contributed by atoms with E-state index < -0.39 is 12.1 Å². The summed E-state index contributed by atoms with van der Waals surface area (Å²) in [7, 11) is 0. The van der Waals surface area contributed by atoms with Crippen LogP contribution >= 0.6 is 11.6 Å². The maximum absolute atomic E-state index is 12.0. The van der Waals surface area contributed by atoms with E-state index in [1.54, 1.807) is 19.1 Å². The number of halogens is 1. The van der Waals surface area contributed by atoms with Gasteiger partial charge in [-0.3, -0.25) is 14.5 Å². The largest absolute Gasteiger partial charge is 0.465 e. The first kappa shape index (κ1) is 18.9. The molecule has 0 unspecified atom stereocenters. The Morgan fingerprint density at radius 1 is 1.48 bits per heavy atom. The van der Waals surface area contributed by atoms with Gasteiger partial charge in [-0.25, -0.2) is 9.78 Å². The Kier molecular flexibility index (Phi) is 6.54. The van der Waals surface area contributed by atoms with Gasteiger partial charge in [-0.15, -0.1) is 11.6 Å². The van der Waals surface area contributed by atoms with Crippen LogP contribution in [0.1, 0.15) is 12.1 Å². The summed E-state index contributed by atoms with van der Waals surface area (Å²) in [6.45, 7) is 2.09. The van der Waals surface area contributed by atoms with E-state index in [-0.39, 0.29) is 38.0 Å². The maximum atomic E-state index is 12.0. The Labute approximate surface area is 149 Å². The molecular formula is C15H19ClN4O5. The van der Waals surface area contributed by atoms with Gasteiger partial charge in [0.2, 0.25) is 11.8 Å². The summed E-state index contributed by atoms with van der Waals surface area (Å²) in [6.07, 6.45) is -1.08. The van der Waals surface area contributed by atoms with Crippen molar-refractivity contribution in [2.75, 3.05) is 35.9 Å². The van der Waals surface area contributed by atoms with Crippen LogP contribution in [0.3, 0.4) is 0 Å². The van der Waals surface area contributed by atoms with Crippen LogP contribution in [0.25, 0.3) is 0 Å². The lowest BCUT2D eigenvalue weighted by molar-refractivity contribution is -0.120. The van der Waals surface area contributed by atoms with Crippen molar-refractivity contribution in [3.8, 4) is 0 Å². The molecule has 1 aromatic heterocycles. The molecule has 25 heavy (non-hydrogen) atoms. The van der Waals surface area contributed by atoms with Crippen LogP contribution in [-0.2, 0) is 14.3 Å². The Hall–Kier alpha value is -2.39. The van der Waals surface area contributed by atoms with E-state index in [1.165, 1.54) is 4.90 Å². The normalized spacial score (nSPS) is 16.8. The summed E-state index contributed by atoms with van der Waals surface area (Å²) in [5, 5.41) is 13.7. The monoisotopic (exact) mass is 370 g/mol. The Morgan fingerprint density at radius 2 is 2.24 bits per heavy atom. The van der Waals surface area contributed by atoms with E-state index in [0.29, 0.717) is 23.1 Å². The molecule has 3 amide bonds. The summed E-state index contributed by atoms with van der Waals surface area (Å²) in [5.74, 6) is 0.181. The molecule has 0 aliphatic carbocycles. The summed E-state index contributed by atoms with van der Waals surface area (Å²) in [6, 6.07) is 2.77. The van der Waals surface area contributed by atoms with Crippen molar-refractivity contribution < 1.29 is 24.2 Å². The van der Waals surface area contributed by atoms with E-state index in [4.69, 9.17) is 21.4 Å². The number of nitrogens with one attached hydrogen (secondary N) is 2. The second kappa shape index (κ2) is 8.63. The SMILES string of the molecule is Cc1nc(N2C[C@H](NC(=O)O)CC2=O)ccc1NC(=O)COCCCl. The van der Waals surface area contributed by atoms with Gasteiger partial charge in [0.1, 0.15) is 12.4 Å². The molecule has 3 N–H and O–H groups in total. The molecule has 9 nitrogen and oxygen atoms in total. The molecule has 0 saturated carbocycles. The zero-order valence-corrected chi connectivity index (χ0v) is 14.4. The lowest BCUT2D eigenvalue weighted by Crippen LogP contribution is -2.36. The zero-order chi connectivity index (χ0) is 18.4. The first-order chi connectivity index (χ1) is 11.9. The third-order valence-electron chi connectivity index (χ3n) is 3.53. The lowest BCUT2D eigenvalue weighted by atomic mass is 10.3. The summed E-state index contributed by atoms with van der Waals surface area (Å²) in [4.78, 5) is 40.2. The summed E-state index contributed by atoms with van der Waals surface area (Å²) < 4.78 is 5.05. The standard InChI is InChI=1S/C15H19ClN4O5/c1-9-11(19-13(21)8-25-5-4-16)2-3-12(17-9)20-7-10(6-14(20)22)18-15(23)24/h2-3,10,18H,4-8H2,1H3,(H,19,21)(H,23,24)/t10-/m1/s1. The van der Waals surface area contributed by atoms with Gasteiger partial charge in [0.05, 0.1) is 24.0 Å². The van der Waals surface area contributed by atoms with Gasteiger partial charge in [0.15, 0.2) is 0 Å². The van der Waals surface area contributed by atoms with E-state index in [0.717, 1.165) is 0 Å². The minimum Gasteiger partial charge on any atom is -0.465 e. The fraction of sp³-hybridized carbons (Fsp3) is 0.467. The van der Waals surface area contributed by atoms with Crippen LogP contribution in [0.5, 0.6) is 0 Å². The quantitative estimate of drug-likeness (QED) is 0.485. The molecule has 0 radical (unpaired) electrons. The van der Waals surface area contributed by atoms with Gasteiger partial charge in [0, 0.05) is 18.8 Å². The number of rotatable bonds is 7. The van der Waals surface area contributed by atoms with Crippen molar-refractivity contribution in [2.45, 2.75) is 19.4 Å². The van der Waals surface area contributed by atoms with Crippen LogP contribution in [0.4, 0.5) is 16.3 Å². The minimum atomic E-state index is -1.17. The Morgan fingerprint density at radius 3 is 2.88 bits per heavy atom. The van der Waals surface area contributed by atoms with Crippen molar-refractivity contribution >= 4 is 41.0 Å². The highest BCUT2D eigenvalue weighted by Crippen LogP contribution is 2.23. The first-order valence-electron chi connectivity index (χ1n) is 7.61. The lowest BCUT2D eigenvalue weighted by Gasteiger charge is -2.17. The molecule has 2 rings (SSSR count). The molecule has 1 saturated heterocycles. The van der Waals surface area contributed by atoms with Crippen LogP contribution in [0.2, 0.25) is 0 Å². The molecule has 2 heterocycles. The minimum absolute atomic E-state index is 0.0867. The molecule has 1 aromatic rings. The fourth-order valence-electron chi connectivity index (χ4n) is 2.44. The van der Waals surface area contributed by atoms with Crippen molar-refractivity contribution in [3.63, 3.8) is 0 Å². The van der Waals surface area contributed by atoms with Crippen LogP contribution in [0, 0.1) is 6.92 Å². The first-order valence-corrected chi connectivity index (χ1v) is 8.15. The van der Waals surface area contributed by atoms with Crippen molar-refractivity contribution in [3.05, 3.63) is 17.8 Å². The van der Waals surface area contributed by atoms with Gasteiger partial charge >= 0.3 is 6.09 Å². The second-order valence-corrected chi connectivity index (χ2v) is 5.83. The molecular weight excluding hydrogens is 352 g/mol. The predicted molar refractivity (Wildman–Crippen MR) is 91.1 cm³/mol. The maximum Gasteiger partial charge on any atom is 0.404 e. The Bertz CT molecular complexity index is 669. The molecule has 0 aromatic carbocycles. The summed E-state index contributed by atoms with van der Waals surface area (Å²) >= 11 is 5.46. The third kappa shape index (κ3) is 5.30. The number of hydrogen-bond donors (Lipinski definition) is 3. The molecule has 0 bridgehead atoms. The number of hydrogen-bond acceptors (Lipinski definition) is 5. The van der Waals surface area contributed by atoms with E-state index >= 15 is 0 Å². The van der Waals surface area contributed by atoms with Crippen molar-refractivity contribution in [2.24, 2.45) is 0 Å². The van der Waals surface area contributed by atoms with Gasteiger partial charge in [-0.2, -0.15) is 0 Å². The highest BCUT2D eigenvalue weighted by atomic mass is 35.5. The van der Waals surface area contributed by atoms with Gasteiger partial charge in [0.25, 0.3) is 0 Å². The number of aromatic nitrogens is 1. The van der Waals surface area contributed by atoms with Crippen LogP contribution in [0.15, 0.2) is 12.1 Å². The average Bonchev–Trinajstić information content (AvgIpc) is 2.89. The number of pyridine rings is 1. The molecule has 10 heteroatoms. The van der Waals surface area contributed by atoms with Crippen LogP contribution in [-0.4, -0.2) is 59.7 Å². The fourth-order valence-corrected chi connectivity index (χ4v) is 2.55. The van der Waals surface area contributed by atoms with E-state index in [1.807, 2.05) is 0 Å². The number of carbonyl (C=O) groups is 3. The molecule has 1 fully saturated rings. The number of alkyl halides is 1. The van der Waals surface area contributed by atoms with E-state index in [2.05, 4.69) is 15.6 Å².